The number of carbonyl (C=O) groups excluding carboxylic acids is 3. The molecular weight excluding hydrogens is 365 g/mol. The van der Waals surface area contributed by atoms with Crippen molar-refractivity contribution >= 4 is 23.5 Å². The van der Waals surface area contributed by atoms with Crippen LogP contribution in [0.4, 0.5) is 14.9 Å². The van der Waals surface area contributed by atoms with Crippen LogP contribution >= 0.6 is 0 Å². The number of nitrogens with zero attached hydrogens (tertiary/aromatic N) is 1. The van der Waals surface area contributed by atoms with E-state index in [0.717, 1.165) is 47.1 Å². The molecule has 1 aliphatic heterocycles. The lowest BCUT2D eigenvalue weighted by atomic mass is 9.76. The van der Waals surface area contributed by atoms with Crippen LogP contribution < -0.4 is 10.6 Å². The highest BCUT2D eigenvalue weighted by Gasteiger charge is 2.54. The number of phenols is 1. The molecule has 1 unspecified atom stereocenters. The maximum Gasteiger partial charge on any atom is 0.325 e. The van der Waals surface area contributed by atoms with Gasteiger partial charge in [-0.3, -0.25) is 14.5 Å². The van der Waals surface area contributed by atoms with Crippen LogP contribution in [0.1, 0.15) is 24.0 Å². The molecule has 7 nitrogen and oxygen atoms in total. The van der Waals surface area contributed by atoms with Crippen LogP contribution in [0.2, 0.25) is 0 Å². The van der Waals surface area contributed by atoms with Crippen LogP contribution in [0.5, 0.6) is 5.75 Å². The van der Waals surface area contributed by atoms with Gasteiger partial charge in [-0.2, -0.15) is 0 Å². The SMILES string of the molecule is O=C(CN1C(=O)NC2(CCCc3ccccc32)C1=O)Nc1cc(F)ccc1O. The number of carbonyl (C=O) groups is 3. The van der Waals surface area contributed by atoms with Crippen molar-refractivity contribution < 1.29 is 23.9 Å². The smallest absolute Gasteiger partial charge is 0.325 e. The van der Waals surface area contributed by atoms with Crippen LogP contribution in [-0.4, -0.2) is 34.4 Å². The molecule has 0 saturated carbocycles. The van der Waals surface area contributed by atoms with Crippen molar-refractivity contribution in [2.24, 2.45) is 0 Å². The molecule has 28 heavy (non-hydrogen) atoms. The number of amides is 4. The largest absolute Gasteiger partial charge is 0.506 e. The van der Waals surface area contributed by atoms with Crippen LogP contribution in [0.25, 0.3) is 0 Å². The third-order valence-corrected chi connectivity index (χ3v) is 5.19. The minimum absolute atomic E-state index is 0.130. The zero-order valence-electron chi connectivity index (χ0n) is 14.9. The molecule has 1 fully saturated rings. The zero-order chi connectivity index (χ0) is 19.9. The second-order valence-electron chi connectivity index (χ2n) is 6.95. The number of aryl methyl sites for hydroxylation is 1. The molecule has 2 aromatic rings. The van der Waals surface area contributed by atoms with Crippen LogP contribution in [0.3, 0.4) is 0 Å². The van der Waals surface area contributed by atoms with E-state index in [1.165, 1.54) is 0 Å². The summed E-state index contributed by atoms with van der Waals surface area (Å²) in [5, 5.41) is 14.8. The number of rotatable bonds is 3. The molecule has 3 N–H and O–H groups in total. The lowest BCUT2D eigenvalue weighted by Gasteiger charge is -2.33. The summed E-state index contributed by atoms with van der Waals surface area (Å²) in [6.07, 6.45) is 2.01. The van der Waals surface area contributed by atoms with Crippen molar-refractivity contribution in [3.8, 4) is 5.75 Å². The van der Waals surface area contributed by atoms with Gasteiger partial charge in [0, 0.05) is 6.07 Å². The average Bonchev–Trinajstić information content (AvgIpc) is 2.90. The highest BCUT2D eigenvalue weighted by molar-refractivity contribution is 6.10. The summed E-state index contributed by atoms with van der Waals surface area (Å²) < 4.78 is 13.3. The maximum absolute atomic E-state index is 13.3. The Morgan fingerprint density at radius 2 is 2.04 bits per heavy atom. The molecule has 1 heterocycles. The van der Waals surface area contributed by atoms with E-state index in [2.05, 4.69) is 10.6 Å². The van der Waals surface area contributed by atoms with Gasteiger partial charge in [-0.05, 0) is 42.5 Å². The lowest BCUT2D eigenvalue weighted by Crippen LogP contribution is -2.47. The number of benzene rings is 2. The van der Waals surface area contributed by atoms with Gasteiger partial charge in [0.05, 0.1) is 5.69 Å². The third-order valence-electron chi connectivity index (χ3n) is 5.19. The van der Waals surface area contributed by atoms with Crippen molar-refractivity contribution in [2.75, 3.05) is 11.9 Å². The monoisotopic (exact) mass is 383 g/mol. The van der Waals surface area contributed by atoms with Crippen LogP contribution in [0, 0.1) is 5.82 Å². The van der Waals surface area contributed by atoms with Crippen molar-refractivity contribution in [1.29, 1.82) is 0 Å². The van der Waals surface area contributed by atoms with Crippen molar-refractivity contribution in [3.05, 3.63) is 59.4 Å². The predicted octanol–water partition coefficient (Wildman–Crippen LogP) is 2.25. The number of nitrogens with one attached hydrogen (secondary N) is 2. The normalized spacial score (nSPS) is 20.8. The first-order valence-electron chi connectivity index (χ1n) is 8.91. The molecule has 8 heteroatoms. The molecule has 1 saturated heterocycles. The van der Waals surface area contributed by atoms with E-state index >= 15 is 0 Å². The Labute approximate surface area is 160 Å². The standard InChI is InChI=1S/C20H18FN3O4/c21-13-7-8-16(25)15(10-13)22-17(26)11-24-18(27)20(23-19(24)28)9-3-5-12-4-1-2-6-14(12)20/h1-2,4,6-8,10,25H,3,5,9,11H2,(H,22,26)(H,23,28). The number of hydrogen-bond donors (Lipinski definition) is 3. The van der Waals surface area contributed by atoms with E-state index in [4.69, 9.17) is 0 Å². The Morgan fingerprint density at radius 1 is 1.25 bits per heavy atom. The fourth-order valence-electron chi connectivity index (χ4n) is 3.90. The number of halogens is 1. The number of aromatic hydroxyl groups is 1. The van der Waals surface area contributed by atoms with E-state index in [0.29, 0.717) is 6.42 Å². The topological polar surface area (TPSA) is 98.7 Å². The van der Waals surface area contributed by atoms with Gasteiger partial charge < -0.3 is 15.7 Å². The molecule has 1 spiro atoms. The number of urea groups is 1. The van der Waals surface area contributed by atoms with Gasteiger partial charge in [0.15, 0.2) is 0 Å². The van der Waals surface area contributed by atoms with Gasteiger partial charge in [-0.15, -0.1) is 0 Å². The van der Waals surface area contributed by atoms with E-state index in [9.17, 15) is 23.9 Å². The average molecular weight is 383 g/mol. The van der Waals surface area contributed by atoms with Crippen molar-refractivity contribution in [2.45, 2.75) is 24.8 Å². The molecule has 1 aliphatic carbocycles. The summed E-state index contributed by atoms with van der Waals surface area (Å²) in [5.41, 5.74) is 0.464. The molecular formula is C20H18FN3O4. The first-order valence-corrected chi connectivity index (χ1v) is 8.91. The number of anilines is 1. The summed E-state index contributed by atoms with van der Waals surface area (Å²) in [5.74, 6) is -2.15. The van der Waals surface area contributed by atoms with E-state index in [1.54, 1.807) is 0 Å². The first-order chi connectivity index (χ1) is 13.4. The van der Waals surface area contributed by atoms with Gasteiger partial charge in [0.1, 0.15) is 23.7 Å². The number of imide groups is 1. The van der Waals surface area contributed by atoms with E-state index in [1.807, 2.05) is 24.3 Å². The maximum atomic E-state index is 13.3. The molecule has 4 rings (SSSR count). The second-order valence-corrected chi connectivity index (χ2v) is 6.95. The summed E-state index contributed by atoms with van der Waals surface area (Å²) in [6.45, 7) is -0.537. The van der Waals surface area contributed by atoms with Gasteiger partial charge in [0.25, 0.3) is 5.91 Å². The van der Waals surface area contributed by atoms with Gasteiger partial charge in [-0.1, -0.05) is 24.3 Å². The van der Waals surface area contributed by atoms with E-state index in [-0.39, 0.29) is 11.4 Å². The zero-order valence-corrected chi connectivity index (χ0v) is 14.9. The lowest BCUT2D eigenvalue weighted by molar-refractivity contribution is -0.134. The van der Waals surface area contributed by atoms with Gasteiger partial charge in [0.2, 0.25) is 5.91 Å². The van der Waals surface area contributed by atoms with Crippen LogP contribution in [-0.2, 0) is 21.5 Å². The summed E-state index contributed by atoms with van der Waals surface area (Å²) >= 11 is 0. The Morgan fingerprint density at radius 3 is 2.86 bits per heavy atom. The summed E-state index contributed by atoms with van der Waals surface area (Å²) in [6, 6.07) is 9.90. The molecule has 144 valence electrons. The van der Waals surface area contributed by atoms with Crippen LogP contribution in [0.15, 0.2) is 42.5 Å². The molecule has 0 radical (unpaired) electrons. The van der Waals surface area contributed by atoms with Crippen molar-refractivity contribution in [1.82, 2.24) is 10.2 Å². The molecule has 2 aromatic carbocycles. The number of fused-ring (bicyclic) bond motifs is 2. The summed E-state index contributed by atoms with van der Waals surface area (Å²) in [4.78, 5) is 38.8. The second kappa shape index (κ2) is 6.63. The Hall–Kier alpha value is -3.42. The Bertz CT molecular complexity index is 993. The minimum Gasteiger partial charge on any atom is -0.506 e. The van der Waals surface area contributed by atoms with Gasteiger partial charge in [-0.25, -0.2) is 9.18 Å². The molecule has 4 amide bonds. The fourth-order valence-corrected chi connectivity index (χ4v) is 3.90. The number of hydrogen-bond acceptors (Lipinski definition) is 4. The molecule has 2 aliphatic rings. The highest BCUT2D eigenvalue weighted by atomic mass is 19.1. The molecule has 0 aromatic heterocycles. The quantitative estimate of drug-likeness (QED) is 0.559. The predicted molar refractivity (Wildman–Crippen MR) is 98.0 cm³/mol. The summed E-state index contributed by atoms with van der Waals surface area (Å²) in [7, 11) is 0. The third kappa shape index (κ3) is 2.87. The molecule has 0 bridgehead atoms. The van der Waals surface area contributed by atoms with Crippen molar-refractivity contribution in [3.63, 3.8) is 0 Å². The number of phenolic OH excluding ortho intramolecular Hbond substituents is 1. The van der Waals surface area contributed by atoms with Gasteiger partial charge >= 0.3 is 6.03 Å². The fraction of sp³-hybridized carbons (Fsp3) is 0.250. The highest BCUT2D eigenvalue weighted by Crippen LogP contribution is 2.39. The molecule has 1 atom stereocenters. The first kappa shape index (κ1) is 18.0. The Balaban J connectivity index is 1.56. The Kier molecular flexibility index (Phi) is 4.26. The minimum atomic E-state index is -1.16. The van der Waals surface area contributed by atoms with E-state index < -0.39 is 35.7 Å².